The first-order valence-corrected chi connectivity index (χ1v) is 7.85. The van der Waals surface area contributed by atoms with Gasteiger partial charge in [-0.05, 0) is 19.8 Å². The molecule has 2 atom stereocenters. The molecule has 1 N–H and O–H groups in total. The van der Waals surface area contributed by atoms with Gasteiger partial charge in [-0.3, -0.25) is 4.68 Å². The van der Waals surface area contributed by atoms with Gasteiger partial charge in [0.2, 0.25) is 0 Å². The van der Waals surface area contributed by atoms with Crippen molar-refractivity contribution in [2.75, 3.05) is 6.61 Å². The van der Waals surface area contributed by atoms with Crippen LogP contribution < -0.4 is 5.32 Å². The fourth-order valence-electron chi connectivity index (χ4n) is 2.61. The molecule has 0 radical (unpaired) electrons. The number of ether oxygens (including phenoxy) is 1. The number of rotatable bonds is 4. The molecule has 0 saturated carbocycles. The van der Waals surface area contributed by atoms with Crippen molar-refractivity contribution in [3.8, 4) is 0 Å². The maximum atomic E-state index is 5.95. The lowest BCUT2D eigenvalue weighted by Gasteiger charge is -2.31. The number of aryl methyl sites for hydroxylation is 2. The molecule has 1 aliphatic rings. The molecule has 0 amide bonds. The first kappa shape index (κ1) is 13.7. The molecule has 5 nitrogen and oxygen atoms in total. The van der Waals surface area contributed by atoms with E-state index in [9.17, 15) is 0 Å². The van der Waals surface area contributed by atoms with Crippen molar-refractivity contribution in [1.82, 2.24) is 20.1 Å². The second-order valence-corrected chi connectivity index (χ2v) is 6.19. The van der Waals surface area contributed by atoms with E-state index in [1.54, 1.807) is 11.3 Å². The van der Waals surface area contributed by atoms with E-state index in [-0.39, 0.29) is 6.10 Å². The van der Waals surface area contributed by atoms with Gasteiger partial charge in [0.05, 0.1) is 6.20 Å². The van der Waals surface area contributed by atoms with Gasteiger partial charge in [-0.25, -0.2) is 4.98 Å². The molecule has 0 unspecified atom stereocenters. The van der Waals surface area contributed by atoms with Gasteiger partial charge < -0.3 is 10.1 Å². The zero-order valence-corrected chi connectivity index (χ0v) is 12.7. The van der Waals surface area contributed by atoms with Crippen LogP contribution in [0.25, 0.3) is 0 Å². The van der Waals surface area contributed by atoms with Crippen LogP contribution in [0, 0.1) is 6.92 Å². The maximum absolute atomic E-state index is 5.95. The van der Waals surface area contributed by atoms with E-state index in [0.29, 0.717) is 6.04 Å². The van der Waals surface area contributed by atoms with Crippen LogP contribution in [0.2, 0.25) is 0 Å². The van der Waals surface area contributed by atoms with Gasteiger partial charge in [-0.2, -0.15) is 5.10 Å². The number of hydrogen-bond acceptors (Lipinski definition) is 5. The minimum atomic E-state index is 0.0958. The first-order valence-electron chi connectivity index (χ1n) is 6.97. The standard InChI is InChI=1S/C14H20N4OS/c1-10-9-20-13(17-10)7-15-12-4-3-5-19-14(12)11-6-16-18(2)8-11/h6,8-9,12,14-15H,3-5,7H2,1-2H3/t12-,14+/m0/s1. The highest BCUT2D eigenvalue weighted by Crippen LogP contribution is 2.28. The maximum Gasteiger partial charge on any atom is 0.107 e. The van der Waals surface area contributed by atoms with E-state index in [4.69, 9.17) is 4.74 Å². The highest BCUT2D eigenvalue weighted by Gasteiger charge is 2.28. The van der Waals surface area contributed by atoms with Crippen LogP contribution in [-0.4, -0.2) is 27.4 Å². The lowest BCUT2D eigenvalue weighted by atomic mass is 9.98. The molecular formula is C14H20N4OS. The van der Waals surface area contributed by atoms with Crippen molar-refractivity contribution < 1.29 is 4.74 Å². The van der Waals surface area contributed by atoms with E-state index in [0.717, 1.165) is 42.3 Å². The van der Waals surface area contributed by atoms with Gasteiger partial charge in [-0.15, -0.1) is 11.3 Å². The van der Waals surface area contributed by atoms with Crippen LogP contribution in [0.3, 0.4) is 0 Å². The zero-order valence-electron chi connectivity index (χ0n) is 11.9. The van der Waals surface area contributed by atoms with Gasteiger partial charge in [0, 0.05) is 49.1 Å². The van der Waals surface area contributed by atoms with E-state index in [1.165, 1.54) is 0 Å². The molecule has 108 valence electrons. The molecule has 0 aliphatic carbocycles. The molecule has 2 aromatic heterocycles. The van der Waals surface area contributed by atoms with Crippen molar-refractivity contribution in [3.05, 3.63) is 34.0 Å². The van der Waals surface area contributed by atoms with Crippen molar-refractivity contribution >= 4 is 11.3 Å². The van der Waals surface area contributed by atoms with E-state index < -0.39 is 0 Å². The van der Waals surface area contributed by atoms with Crippen molar-refractivity contribution in [3.63, 3.8) is 0 Å². The predicted molar refractivity (Wildman–Crippen MR) is 78.6 cm³/mol. The van der Waals surface area contributed by atoms with Gasteiger partial charge in [0.25, 0.3) is 0 Å². The van der Waals surface area contributed by atoms with Crippen LogP contribution in [0.15, 0.2) is 17.8 Å². The fourth-order valence-corrected chi connectivity index (χ4v) is 3.33. The van der Waals surface area contributed by atoms with Gasteiger partial charge >= 0.3 is 0 Å². The van der Waals surface area contributed by atoms with Crippen LogP contribution in [0.4, 0.5) is 0 Å². The van der Waals surface area contributed by atoms with Crippen molar-refractivity contribution in [2.45, 2.75) is 38.5 Å². The molecule has 0 bridgehead atoms. The first-order chi connectivity index (χ1) is 9.72. The van der Waals surface area contributed by atoms with Crippen molar-refractivity contribution in [1.29, 1.82) is 0 Å². The molecule has 3 heterocycles. The summed E-state index contributed by atoms with van der Waals surface area (Å²) in [7, 11) is 1.94. The summed E-state index contributed by atoms with van der Waals surface area (Å²) in [6, 6.07) is 0.331. The van der Waals surface area contributed by atoms with Gasteiger partial charge in [0.1, 0.15) is 11.1 Å². The van der Waals surface area contributed by atoms with Crippen LogP contribution >= 0.6 is 11.3 Å². The molecular weight excluding hydrogens is 272 g/mol. The Kier molecular flexibility index (Phi) is 4.14. The Morgan fingerprint density at radius 3 is 3.15 bits per heavy atom. The molecule has 6 heteroatoms. The second-order valence-electron chi connectivity index (χ2n) is 5.25. The summed E-state index contributed by atoms with van der Waals surface area (Å²) in [5, 5.41) is 11.1. The van der Waals surface area contributed by atoms with Gasteiger partial charge in [-0.1, -0.05) is 0 Å². The minimum Gasteiger partial charge on any atom is -0.372 e. The van der Waals surface area contributed by atoms with Gasteiger partial charge in [0.15, 0.2) is 0 Å². The molecule has 3 rings (SSSR count). The third-order valence-electron chi connectivity index (χ3n) is 3.56. The fraction of sp³-hybridized carbons (Fsp3) is 0.571. The molecule has 1 fully saturated rings. The summed E-state index contributed by atoms with van der Waals surface area (Å²) in [6.07, 6.45) is 6.27. The Balaban J connectivity index is 1.66. The lowest BCUT2D eigenvalue weighted by Crippen LogP contribution is -2.39. The summed E-state index contributed by atoms with van der Waals surface area (Å²) in [4.78, 5) is 4.50. The Bertz CT molecular complexity index is 565. The van der Waals surface area contributed by atoms with Crippen LogP contribution in [0.5, 0.6) is 0 Å². The topological polar surface area (TPSA) is 52.0 Å². The molecule has 1 saturated heterocycles. The van der Waals surface area contributed by atoms with Crippen LogP contribution in [-0.2, 0) is 18.3 Å². The Morgan fingerprint density at radius 2 is 2.45 bits per heavy atom. The Hall–Kier alpha value is -1.24. The third-order valence-corrected chi connectivity index (χ3v) is 4.52. The number of hydrogen-bond donors (Lipinski definition) is 1. The summed E-state index contributed by atoms with van der Waals surface area (Å²) in [6.45, 7) is 3.67. The monoisotopic (exact) mass is 292 g/mol. The third kappa shape index (κ3) is 3.08. The predicted octanol–water partition coefficient (Wildman–Crippen LogP) is 2.19. The quantitative estimate of drug-likeness (QED) is 0.938. The summed E-state index contributed by atoms with van der Waals surface area (Å²) in [5.41, 5.74) is 2.25. The Labute approximate surface area is 123 Å². The molecule has 20 heavy (non-hydrogen) atoms. The summed E-state index contributed by atoms with van der Waals surface area (Å²) in [5.74, 6) is 0. The van der Waals surface area contributed by atoms with E-state index in [1.807, 2.05) is 31.0 Å². The largest absolute Gasteiger partial charge is 0.372 e. The Morgan fingerprint density at radius 1 is 1.55 bits per heavy atom. The second kappa shape index (κ2) is 6.03. The van der Waals surface area contributed by atoms with Crippen molar-refractivity contribution in [2.24, 2.45) is 7.05 Å². The smallest absolute Gasteiger partial charge is 0.107 e. The SMILES string of the molecule is Cc1csc(CN[C@H]2CCCO[C@@H]2c2cnn(C)c2)n1. The highest BCUT2D eigenvalue weighted by molar-refractivity contribution is 7.09. The number of nitrogens with zero attached hydrogens (tertiary/aromatic N) is 3. The molecule has 1 aliphatic heterocycles. The van der Waals surface area contributed by atoms with E-state index in [2.05, 4.69) is 20.8 Å². The highest BCUT2D eigenvalue weighted by atomic mass is 32.1. The zero-order chi connectivity index (χ0) is 13.9. The number of nitrogens with one attached hydrogen (secondary N) is 1. The molecule has 0 spiro atoms. The van der Waals surface area contributed by atoms with Crippen LogP contribution in [0.1, 0.15) is 35.2 Å². The number of aromatic nitrogens is 3. The van der Waals surface area contributed by atoms with E-state index >= 15 is 0 Å². The lowest BCUT2D eigenvalue weighted by molar-refractivity contribution is -0.0112. The average molecular weight is 292 g/mol. The minimum absolute atomic E-state index is 0.0958. The summed E-state index contributed by atoms with van der Waals surface area (Å²) >= 11 is 1.71. The molecule has 2 aromatic rings. The molecule has 0 aromatic carbocycles. The summed E-state index contributed by atoms with van der Waals surface area (Å²) < 4.78 is 7.78. The number of thiazole rings is 1. The normalized spacial score (nSPS) is 23.1. The average Bonchev–Trinajstić information content (AvgIpc) is 3.06.